The first-order chi connectivity index (χ1) is 32.9. The van der Waals surface area contributed by atoms with E-state index in [1.165, 1.54) is 65.3 Å². The van der Waals surface area contributed by atoms with E-state index in [-0.39, 0.29) is 5.41 Å². The summed E-state index contributed by atoms with van der Waals surface area (Å²) in [4.78, 5) is 20.5. The van der Waals surface area contributed by atoms with E-state index < -0.39 is 0 Å². The fourth-order valence-corrected chi connectivity index (χ4v) is 10.6. The number of hydrogen-bond acceptors (Lipinski definition) is 4. The minimum Gasteiger partial charge on any atom is -0.264 e. The standard InChI is InChI=1S/C63H42N4/c1-63(2)58-24-12-11-23-54(58)57-37-43(29-30-59(57)63)61-65-60(40-27-25-39(26-28-40)44-16-13-31-64-38-44)66-62(67-61)47-33-45(55-35-41-14-3-5-17-48(41)50-19-7-9-21-52(50)55)32-46(34-47)56-36-42-15-4-6-18-49(42)51-20-8-10-22-53(51)56/h3-38H,1-2H3. The zero-order valence-electron chi connectivity index (χ0n) is 37.1. The lowest BCUT2D eigenvalue weighted by molar-refractivity contribution is 0.660. The molecule has 1 aliphatic carbocycles. The van der Waals surface area contributed by atoms with E-state index >= 15 is 0 Å². The topological polar surface area (TPSA) is 51.6 Å². The van der Waals surface area contributed by atoms with Crippen molar-refractivity contribution >= 4 is 43.1 Å². The number of pyridine rings is 1. The molecule has 13 rings (SSSR count). The molecule has 4 nitrogen and oxygen atoms in total. The molecule has 67 heavy (non-hydrogen) atoms. The van der Waals surface area contributed by atoms with Gasteiger partial charge in [0, 0.05) is 34.5 Å². The first kappa shape index (κ1) is 38.8. The van der Waals surface area contributed by atoms with Crippen LogP contribution in [0.2, 0.25) is 0 Å². The van der Waals surface area contributed by atoms with Crippen LogP contribution in [-0.4, -0.2) is 19.9 Å². The highest BCUT2D eigenvalue weighted by atomic mass is 15.0. The summed E-state index contributed by atoms with van der Waals surface area (Å²) in [6, 6.07) is 74.5. The van der Waals surface area contributed by atoms with Crippen LogP contribution in [0, 0.1) is 0 Å². The number of aromatic nitrogens is 4. The van der Waals surface area contributed by atoms with E-state index in [4.69, 9.17) is 15.0 Å². The van der Waals surface area contributed by atoms with Crippen molar-refractivity contribution in [1.29, 1.82) is 0 Å². The van der Waals surface area contributed by atoms with Crippen LogP contribution in [0.15, 0.2) is 219 Å². The molecule has 1 aliphatic rings. The zero-order valence-corrected chi connectivity index (χ0v) is 37.1. The fourth-order valence-electron chi connectivity index (χ4n) is 10.6. The van der Waals surface area contributed by atoms with Crippen molar-refractivity contribution in [1.82, 2.24) is 19.9 Å². The quantitative estimate of drug-likeness (QED) is 0.156. The van der Waals surface area contributed by atoms with Crippen molar-refractivity contribution in [3.63, 3.8) is 0 Å². The summed E-state index contributed by atoms with van der Waals surface area (Å²) in [5.74, 6) is 1.84. The molecule has 0 atom stereocenters. The summed E-state index contributed by atoms with van der Waals surface area (Å²) < 4.78 is 0. The van der Waals surface area contributed by atoms with Crippen LogP contribution in [-0.2, 0) is 5.41 Å². The molecule has 4 heteroatoms. The summed E-state index contributed by atoms with van der Waals surface area (Å²) in [6.07, 6.45) is 3.69. The maximum absolute atomic E-state index is 5.45. The van der Waals surface area contributed by atoms with Gasteiger partial charge in [-0.3, -0.25) is 4.98 Å². The van der Waals surface area contributed by atoms with Gasteiger partial charge in [0.05, 0.1) is 0 Å². The average molecular weight is 855 g/mol. The molecule has 0 radical (unpaired) electrons. The van der Waals surface area contributed by atoms with Gasteiger partial charge in [-0.15, -0.1) is 0 Å². The minimum absolute atomic E-state index is 0.118. The maximum Gasteiger partial charge on any atom is 0.164 e. The van der Waals surface area contributed by atoms with Gasteiger partial charge in [-0.05, 0) is 141 Å². The van der Waals surface area contributed by atoms with E-state index in [0.717, 1.165) is 50.1 Å². The Kier molecular flexibility index (Phi) is 8.84. The zero-order chi connectivity index (χ0) is 44.6. The second-order valence-corrected chi connectivity index (χ2v) is 18.2. The lowest BCUT2D eigenvalue weighted by Gasteiger charge is -2.21. The number of fused-ring (bicyclic) bond motifs is 9. The molecule has 0 unspecified atom stereocenters. The summed E-state index contributed by atoms with van der Waals surface area (Å²) >= 11 is 0. The highest BCUT2D eigenvalue weighted by Crippen LogP contribution is 2.50. The Morgan fingerprint density at radius 1 is 0.299 bits per heavy atom. The van der Waals surface area contributed by atoms with Gasteiger partial charge in [0.15, 0.2) is 17.5 Å². The maximum atomic E-state index is 5.45. The van der Waals surface area contributed by atoms with E-state index in [1.54, 1.807) is 6.20 Å². The second-order valence-electron chi connectivity index (χ2n) is 18.2. The van der Waals surface area contributed by atoms with Crippen molar-refractivity contribution in [2.24, 2.45) is 0 Å². The van der Waals surface area contributed by atoms with Crippen molar-refractivity contribution in [2.45, 2.75) is 19.3 Å². The molecular formula is C63H42N4. The first-order valence-corrected chi connectivity index (χ1v) is 22.9. The van der Waals surface area contributed by atoms with Crippen LogP contribution >= 0.6 is 0 Å². The minimum atomic E-state index is -0.118. The smallest absolute Gasteiger partial charge is 0.164 e. The third kappa shape index (κ3) is 6.44. The van der Waals surface area contributed by atoms with Gasteiger partial charge in [0.25, 0.3) is 0 Å². The van der Waals surface area contributed by atoms with Gasteiger partial charge in [-0.25, -0.2) is 15.0 Å². The second kappa shape index (κ2) is 15.3. The molecule has 314 valence electrons. The molecule has 12 aromatic rings. The van der Waals surface area contributed by atoms with E-state index in [0.29, 0.717) is 17.5 Å². The third-order valence-electron chi connectivity index (χ3n) is 14.0. The molecule has 0 aliphatic heterocycles. The van der Waals surface area contributed by atoms with Gasteiger partial charge in [-0.1, -0.05) is 178 Å². The van der Waals surface area contributed by atoms with E-state index in [9.17, 15) is 0 Å². The van der Waals surface area contributed by atoms with Crippen molar-refractivity contribution in [2.75, 3.05) is 0 Å². The Hall–Kier alpha value is -8.60. The Morgan fingerprint density at radius 3 is 1.39 bits per heavy atom. The normalized spacial score (nSPS) is 12.7. The van der Waals surface area contributed by atoms with Crippen LogP contribution in [0.1, 0.15) is 25.0 Å². The van der Waals surface area contributed by atoms with Gasteiger partial charge >= 0.3 is 0 Å². The van der Waals surface area contributed by atoms with Gasteiger partial charge in [0.1, 0.15) is 0 Å². The van der Waals surface area contributed by atoms with Crippen LogP contribution < -0.4 is 0 Å². The Bertz CT molecular complexity index is 3810. The van der Waals surface area contributed by atoms with Gasteiger partial charge in [0.2, 0.25) is 0 Å². The molecule has 0 spiro atoms. The molecule has 0 saturated heterocycles. The fraction of sp³-hybridized carbons (Fsp3) is 0.0476. The van der Waals surface area contributed by atoms with Crippen molar-refractivity contribution < 1.29 is 0 Å². The molecule has 10 aromatic carbocycles. The molecular weight excluding hydrogens is 813 g/mol. The third-order valence-corrected chi connectivity index (χ3v) is 14.0. The Balaban J connectivity index is 1.07. The van der Waals surface area contributed by atoms with E-state index in [2.05, 4.69) is 219 Å². The molecule has 2 aromatic heterocycles. The summed E-state index contributed by atoms with van der Waals surface area (Å²) in [5, 5.41) is 9.69. The van der Waals surface area contributed by atoms with Crippen LogP contribution in [0.4, 0.5) is 0 Å². The highest BCUT2D eigenvalue weighted by molar-refractivity contribution is 6.16. The number of nitrogens with zero attached hydrogens (tertiary/aromatic N) is 4. The van der Waals surface area contributed by atoms with Crippen LogP contribution in [0.25, 0.3) is 122 Å². The molecule has 2 heterocycles. The van der Waals surface area contributed by atoms with Gasteiger partial charge in [-0.2, -0.15) is 0 Å². The molecule has 0 N–H and O–H groups in total. The summed E-state index contributed by atoms with van der Waals surface area (Å²) in [7, 11) is 0. The summed E-state index contributed by atoms with van der Waals surface area (Å²) in [5.41, 5.74) is 14.4. The highest BCUT2D eigenvalue weighted by Gasteiger charge is 2.35. The van der Waals surface area contributed by atoms with Crippen molar-refractivity contribution in [3.8, 4) is 78.7 Å². The molecule has 0 bridgehead atoms. The van der Waals surface area contributed by atoms with E-state index in [1.807, 2.05) is 12.3 Å². The largest absolute Gasteiger partial charge is 0.264 e. The average Bonchev–Trinajstić information content (AvgIpc) is 3.63. The predicted octanol–water partition coefficient (Wildman–Crippen LogP) is 16.2. The lowest BCUT2D eigenvalue weighted by atomic mass is 9.82. The first-order valence-electron chi connectivity index (χ1n) is 22.9. The molecule has 0 fully saturated rings. The monoisotopic (exact) mass is 854 g/mol. The molecule has 0 saturated carbocycles. The molecule has 0 amide bonds. The van der Waals surface area contributed by atoms with Crippen LogP contribution in [0.3, 0.4) is 0 Å². The van der Waals surface area contributed by atoms with Gasteiger partial charge < -0.3 is 0 Å². The van der Waals surface area contributed by atoms with Crippen LogP contribution in [0.5, 0.6) is 0 Å². The number of rotatable bonds is 6. The number of benzene rings is 10. The number of hydrogen-bond donors (Lipinski definition) is 0. The Morgan fingerprint density at radius 2 is 0.776 bits per heavy atom. The SMILES string of the molecule is CC1(C)c2ccccc2-c2cc(-c3nc(-c4ccc(-c5cccnc5)cc4)nc(-c4cc(-c5cc6ccccc6c6ccccc56)cc(-c5cc6ccccc6c6ccccc56)c4)n3)ccc21. The Labute approximate surface area is 389 Å². The summed E-state index contributed by atoms with van der Waals surface area (Å²) in [6.45, 7) is 4.63. The lowest BCUT2D eigenvalue weighted by Crippen LogP contribution is -2.14. The predicted molar refractivity (Wildman–Crippen MR) is 278 cm³/mol. The van der Waals surface area contributed by atoms with Crippen molar-refractivity contribution in [3.05, 3.63) is 230 Å².